The fraction of sp³-hybridized carbons (Fsp3) is 0.647. The molecule has 1 aliphatic heterocycles. The number of aliphatic hydroxyl groups is 1. The third kappa shape index (κ3) is 5.38. The molecule has 1 aliphatic rings. The van der Waals surface area contributed by atoms with Gasteiger partial charge in [-0.3, -0.25) is 14.4 Å². The summed E-state index contributed by atoms with van der Waals surface area (Å²) in [7, 11) is 0. The number of hydrogen-bond donors (Lipinski definition) is 3. The minimum absolute atomic E-state index is 0.0101. The number of likely N-dealkylation sites (tertiary alicyclic amines) is 1. The van der Waals surface area contributed by atoms with Crippen LogP contribution >= 0.6 is 0 Å². The molecule has 2 atom stereocenters. The third-order valence-corrected chi connectivity index (χ3v) is 4.40. The fourth-order valence-corrected chi connectivity index (χ4v) is 3.03. The van der Waals surface area contributed by atoms with Crippen molar-refractivity contribution < 1.29 is 14.7 Å². The van der Waals surface area contributed by atoms with Crippen molar-refractivity contribution in [3.05, 3.63) is 28.2 Å². The van der Waals surface area contributed by atoms with Gasteiger partial charge in [0.05, 0.1) is 0 Å². The van der Waals surface area contributed by atoms with Gasteiger partial charge in [0.15, 0.2) is 0 Å². The summed E-state index contributed by atoms with van der Waals surface area (Å²) < 4.78 is 0. The Balaban J connectivity index is 2.01. The Labute approximate surface area is 146 Å². The van der Waals surface area contributed by atoms with Gasteiger partial charge in [-0.2, -0.15) is 5.10 Å². The van der Waals surface area contributed by atoms with Crippen LogP contribution in [0.4, 0.5) is 0 Å². The Kier molecular flexibility index (Phi) is 7.12. The van der Waals surface area contributed by atoms with Crippen molar-refractivity contribution in [2.24, 2.45) is 0 Å². The first kappa shape index (κ1) is 19.1. The molecule has 0 aliphatic carbocycles. The first-order chi connectivity index (χ1) is 12.0. The minimum Gasteiger partial charge on any atom is -0.396 e. The standard InChI is InChI=1S/C17H26N4O4/c1-12(6-3-5-11-22)18-16(24)14-7-2-4-10-21(14)17(25)13-8-9-15(23)20-19-13/h8-9,12,14,22H,2-7,10-11H2,1H3,(H,18,24)(H,20,23). The zero-order valence-corrected chi connectivity index (χ0v) is 14.5. The van der Waals surface area contributed by atoms with Gasteiger partial charge in [0.1, 0.15) is 11.7 Å². The number of H-pyrrole nitrogens is 1. The van der Waals surface area contributed by atoms with Crippen LogP contribution in [0.3, 0.4) is 0 Å². The highest BCUT2D eigenvalue weighted by Crippen LogP contribution is 2.19. The maximum absolute atomic E-state index is 12.7. The predicted octanol–water partition coefficient (Wildman–Crippen LogP) is 0.432. The van der Waals surface area contributed by atoms with Crippen molar-refractivity contribution in [1.82, 2.24) is 20.4 Å². The fourth-order valence-electron chi connectivity index (χ4n) is 3.03. The Morgan fingerprint density at radius 2 is 2.20 bits per heavy atom. The lowest BCUT2D eigenvalue weighted by molar-refractivity contribution is -0.127. The van der Waals surface area contributed by atoms with E-state index in [1.54, 1.807) is 4.90 Å². The van der Waals surface area contributed by atoms with Crippen LogP contribution in [0.25, 0.3) is 0 Å². The monoisotopic (exact) mass is 350 g/mol. The highest BCUT2D eigenvalue weighted by atomic mass is 16.3. The number of piperidine rings is 1. The molecule has 0 radical (unpaired) electrons. The number of aromatic amines is 1. The maximum atomic E-state index is 12.7. The van der Waals surface area contributed by atoms with Crippen LogP contribution in [-0.4, -0.2) is 57.3 Å². The lowest BCUT2D eigenvalue weighted by atomic mass is 10.00. The van der Waals surface area contributed by atoms with Gasteiger partial charge < -0.3 is 15.3 Å². The molecule has 1 aromatic rings. The molecule has 2 amide bonds. The second-order valence-corrected chi connectivity index (χ2v) is 6.45. The molecule has 0 bridgehead atoms. The molecular weight excluding hydrogens is 324 g/mol. The van der Waals surface area contributed by atoms with Crippen LogP contribution < -0.4 is 10.9 Å². The molecule has 8 heteroatoms. The summed E-state index contributed by atoms with van der Waals surface area (Å²) in [5, 5.41) is 17.8. The number of nitrogens with one attached hydrogen (secondary N) is 2. The lowest BCUT2D eigenvalue weighted by Crippen LogP contribution is -2.53. The van der Waals surface area contributed by atoms with E-state index in [9.17, 15) is 14.4 Å². The van der Waals surface area contributed by atoms with Crippen LogP contribution in [0.5, 0.6) is 0 Å². The summed E-state index contributed by atoms with van der Waals surface area (Å²) in [6, 6.07) is 2.10. The van der Waals surface area contributed by atoms with E-state index in [2.05, 4.69) is 15.5 Å². The largest absolute Gasteiger partial charge is 0.396 e. The zero-order valence-electron chi connectivity index (χ0n) is 14.5. The molecule has 8 nitrogen and oxygen atoms in total. The molecule has 138 valence electrons. The molecule has 2 unspecified atom stereocenters. The second kappa shape index (κ2) is 9.31. The van der Waals surface area contributed by atoms with Gasteiger partial charge in [0.2, 0.25) is 5.91 Å². The SMILES string of the molecule is CC(CCCCO)NC(=O)C1CCCCN1C(=O)c1ccc(=O)[nH]n1. The Hall–Kier alpha value is -2.22. The minimum atomic E-state index is -0.518. The summed E-state index contributed by atoms with van der Waals surface area (Å²) in [4.78, 5) is 37.9. The number of nitrogens with zero attached hydrogens (tertiary/aromatic N) is 2. The maximum Gasteiger partial charge on any atom is 0.274 e. The quantitative estimate of drug-likeness (QED) is 0.617. The van der Waals surface area contributed by atoms with Crippen LogP contribution in [0, 0.1) is 0 Å². The highest BCUT2D eigenvalue weighted by molar-refractivity contribution is 5.96. The molecule has 25 heavy (non-hydrogen) atoms. The van der Waals surface area contributed by atoms with Gasteiger partial charge in [-0.1, -0.05) is 0 Å². The van der Waals surface area contributed by atoms with Gasteiger partial charge in [-0.25, -0.2) is 5.10 Å². The van der Waals surface area contributed by atoms with Crippen molar-refractivity contribution in [3.8, 4) is 0 Å². The van der Waals surface area contributed by atoms with Crippen LogP contribution in [0.15, 0.2) is 16.9 Å². The average Bonchev–Trinajstić information content (AvgIpc) is 2.62. The van der Waals surface area contributed by atoms with Crippen molar-refractivity contribution in [1.29, 1.82) is 0 Å². The van der Waals surface area contributed by atoms with E-state index >= 15 is 0 Å². The number of carbonyl (C=O) groups is 2. The normalized spacial score (nSPS) is 18.6. The van der Waals surface area contributed by atoms with Gasteiger partial charge in [-0.05, 0) is 51.5 Å². The Bertz CT molecular complexity index is 625. The van der Waals surface area contributed by atoms with Crippen molar-refractivity contribution in [2.45, 2.75) is 57.5 Å². The first-order valence-electron chi connectivity index (χ1n) is 8.81. The van der Waals surface area contributed by atoms with E-state index in [1.165, 1.54) is 12.1 Å². The summed E-state index contributed by atoms with van der Waals surface area (Å²) in [5.41, 5.74) is -0.239. The van der Waals surface area contributed by atoms with E-state index in [4.69, 9.17) is 5.11 Å². The molecule has 2 heterocycles. The predicted molar refractivity (Wildman–Crippen MR) is 92.1 cm³/mol. The topological polar surface area (TPSA) is 115 Å². The molecule has 0 spiro atoms. The van der Waals surface area contributed by atoms with Gasteiger partial charge >= 0.3 is 0 Å². The summed E-state index contributed by atoms with van der Waals surface area (Å²) in [6.45, 7) is 2.57. The number of amides is 2. The Morgan fingerprint density at radius 1 is 1.40 bits per heavy atom. The average molecular weight is 350 g/mol. The highest BCUT2D eigenvalue weighted by Gasteiger charge is 2.33. The second-order valence-electron chi connectivity index (χ2n) is 6.45. The van der Waals surface area contributed by atoms with Crippen molar-refractivity contribution in [2.75, 3.05) is 13.2 Å². The summed E-state index contributed by atoms with van der Waals surface area (Å²) in [5.74, 6) is -0.502. The summed E-state index contributed by atoms with van der Waals surface area (Å²) >= 11 is 0. The van der Waals surface area contributed by atoms with Gasteiger partial charge in [0.25, 0.3) is 11.5 Å². The van der Waals surface area contributed by atoms with E-state index in [0.717, 1.165) is 25.7 Å². The lowest BCUT2D eigenvalue weighted by Gasteiger charge is -2.35. The van der Waals surface area contributed by atoms with Crippen LogP contribution in [0.2, 0.25) is 0 Å². The van der Waals surface area contributed by atoms with Crippen molar-refractivity contribution >= 4 is 11.8 Å². The molecule has 1 saturated heterocycles. The van der Waals surface area contributed by atoms with Crippen LogP contribution in [-0.2, 0) is 4.79 Å². The van der Waals surface area contributed by atoms with E-state index in [1.807, 2.05) is 6.92 Å². The number of unbranched alkanes of at least 4 members (excludes halogenated alkanes) is 1. The number of rotatable bonds is 7. The molecular formula is C17H26N4O4. The molecule has 0 saturated carbocycles. The molecule has 2 rings (SSSR count). The summed E-state index contributed by atoms with van der Waals surface area (Å²) in [6.07, 6.45) is 4.68. The molecule has 1 aromatic heterocycles. The smallest absolute Gasteiger partial charge is 0.274 e. The van der Waals surface area contributed by atoms with Gasteiger partial charge in [-0.15, -0.1) is 0 Å². The Morgan fingerprint density at radius 3 is 2.88 bits per heavy atom. The molecule has 1 fully saturated rings. The number of aliphatic hydroxyl groups excluding tert-OH is 1. The first-order valence-corrected chi connectivity index (χ1v) is 8.81. The molecule has 3 N–H and O–H groups in total. The third-order valence-electron chi connectivity index (χ3n) is 4.40. The van der Waals surface area contributed by atoms with E-state index in [0.29, 0.717) is 19.4 Å². The van der Waals surface area contributed by atoms with Crippen LogP contribution in [0.1, 0.15) is 55.9 Å². The van der Waals surface area contributed by atoms with Crippen molar-refractivity contribution in [3.63, 3.8) is 0 Å². The number of hydrogen-bond acceptors (Lipinski definition) is 5. The van der Waals surface area contributed by atoms with E-state index < -0.39 is 6.04 Å². The molecule has 0 aromatic carbocycles. The van der Waals surface area contributed by atoms with Gasteiger partial charge in [0, 0.05) is 25.3 Å². The number of aromatic nitrogens is 2. The number of carbonyl (C=O) groups excluding carboxylic acids is 2. The zero-order chi connectivity index (χ0) is 18.2. The van der Waals surface area contributed by atoms with E-state index in [-0.39, 0.29) is 35.7 Å².